The molecule has 0 aliphatic rings. The van der Waals surface area contributed by atoms with Gasteiger partial charge in [-0.15, -0.1) is 0 Å². The lowest BCUT2D eigenvalue weighted by Crippen LogP contribution is -2.30. The number of carbonyl (C=O) groups excluding carboxylic acids is 4. The standard InChI is InChI=1S/C86H168O17P2/c1-7-10-12-14-16-18-20-22-23-24-25-26-27-28-29-34-40-46-52-58-64-70-85(90)102-81(75-97-84(89)69-63-57-51-45-39-33-31-30-32-37-43-49-55-61-67-79(6)9-3)76-100-104(92,93)98-72-80(87)73-99-105(94,95)101-77-82(74-96-83(88)68-62-56-50-44-38-21-19-17-15-13-11-8-2)103-86(91)71-65-59-53-47-41-35-36-42-48-54-60-66-78(4)5/h78-82,87H,7-77H2,1-6H3,(H,92,93)(H,94,95)/t79?,80-,81-,82-/m1/s1. The summed E-state index contributed by atoms with van der Waals surface area (Å²) in [6.45, 7) is 9.73. The first-order valence-electron chi connectivity index (χ1n) is 44.5. The van der Waals surface area contributed by atoms with Crippen LogP contribution in [-0.2, 0) is 65.4 Å². The van der Waals surface area contributed by atoms with Gasteiger partial charge in [0.15, 0.2) is 12.2 Å². The number of aliphatic hydroxyl groups excluding tert-OH is 1. The summed E-state index contributed by atoms with van der Waals surface area (Å²) in [6, 6.07) is 0. The molecule has 0 aromatic rings. The molecular weight excluding hydrogens is 1370 g/mol. The van der Waals surface area contributed by atoms with Gasteiger partial charge < -0.3 is 33.8 Å². The van der Waals surface area contributed by atoms with Crippen molar-refractivity contribution in [3.8, 4) is 0 Å². The Morgan fingerprint density at radius 3 is 0.724 bits per heavy atom. The number of hydrogen-bond acceptors (Lipinski definition) is 15. The highest BCUT2D eigenvalue weighted by Crippen LogP contribution is 2.45. The van der Waals surface area contributed by atoms with Crippen LogP contribution in [0.15, 0.2) is 0 Å². The molecule has 0 aromatic heterocycles. The minimum absolute atomic E-state index is 0.107. The summed E-state index contributed by atoms with van der Waals surface area (Å²) in [7, 11) is -9.93. The van der Waals surface area contributed by atoms with Crippen molar-refractivity contribution in [2.75, 3.05) is 39.6 Å². The normalized spacial score (nSPS) is 14.1. The summed E-state index contributed by atoms with van der Waals surface area (Å²) in [5.41, 5.74) is 0. The fourth-order valence-corrected chi connectivity index (χ4v) is 15.0. The van der Waals surface area contributed by atoms with Crippen molar-refractivity contribution in [2.24, 2.45) is 11.8 Å². The smallest absolute Gasteiger partial charge is 0.462 e. The van der Waals surface area contributed by atoms with Crippen molar-refractivity contribution in [2.45, 2.75) is 477 Å². The van der Waals surface area contributed by atoms with Crippen LogP contribution < -0.4 is 0 Å². The Balaban J connectivity index is 5.25. The van der Waals surface area contributed by atoms with Crippen LogP contribution in [0.5, 0.6) is 0 Å². The van der Waals surface area contributed by atoms with Crippen LogP contribution in [0.25, 0.3) is 0 Å². The third kappa shape index (κ3) is 78.5. The fraction of sp³-hybridized carbons (Fsp3) is 0.953. The number of rotatable bonds is 85. The molecule has 0 aromatic carbocycles. The Morgan fingerprint density at radius 2 is 0.486 bits per heavy atom. The van der Waals surface area contributed by atoms with Crippen LogP contribution in [0.3, 0.4) is 0 Å². The number of aliphatic hydroxyl groups is 1. The molecule has 19 heteroatoms. The number of phosphoric ester groups is 2. The summed E-state index contributed by atoms with van der Waals surface area (Å²) < 4.78 is 68.9. The summed E-state index contributed by atoms with van der Waals surface area (Å²) in [5, 5.41) is 10.7. The van der Waals surface area contributed by atoms with Gasteiger partial charge >= 0.3 is 39.5 Å². The molecule has 17 nitrogen and oxygen atoms in total. The van der Waals surface area contributed by atoms with Gasteiger partial charge in [0.05, 0.1) is 26.4 Å². The molecule has 0 bridgehead atoms. The summed E-state index contributed by atoms with van der Waals surface area (Å²) in [4.78, 5) is 73.2. The van der Waals surface area contributed by atoms with Gasteiger partial charge in [0.2, 0.25) is 0 Å². The Kier molecular flexibility index (Phi) is 76.0. The Bertz CT molecular complexity index is 2010. The SMILES string of the molecule is CCCCCCCCCCCCCCCCCCCCCCCC(=O)O[C@H](COC(=O)CCCCCCCCCCCCCCCCC(C)CC)COP(=O)(O)OC[C@@H](O)COP(=O)(O)OC[C@@H](COC(=O)CCCCCCCCCCCCCC)OC(=O)CCCCCCCCCCCCCC(C)C. The zero-order chi connectivity index (χ0) is 77.1. The minimum Gasteiger partial charge on any atom is -0.462 e. The van der Waals surface area contributed by atoms with Crippen molar-refractivity contribution in [1.29, 1.82) is 0 Å². The van der Waals surface area contributed by atoms with Crippen LogP contribution >= 0.6 is 15.6 Å². The van der Waals surface area contributed by atoms with Gasteiger partial charge in [0.25, 0.3) is 0 Å². The molecule has 0 saturated carbocycles. The molecule has 0 amide bonds. The van der Waals surface area contributed by atoms with Crippen molar-refractivity contribution >= 4 is 39.5 Å². The average molecular weight is 1540 g/mol. The van der Waals surface area contributed by atoms with E-state index < -0.39 is 97.5 Å². The molecule has 3 unspecified atom stereocenters. The van der Waals surface area contributed by atoms with E-state index in [9.17, 15) is 43.2 Å². The topological polar surface area (TPSA) is 237 Å². The number of carbonyl (C=O) groups is 4. The second-order valence-corrected chi connectivity index (χ2v) is 34.6. The fourth-order valence-electron chi connectivity index (χ4n) is 13.4. The van der Waals surface area contributed by atoms with E-state index in [-0.39, 0.29) is 25.7 Å². The zero-order valence-corrected chi connectivity index (χ0v) is 70.8. The van der Waals surface area contributed by atoms with E-state index in [1.54, 1.807) is 0 Å². The first-order valence-corrected chi connectivity index (χ1v) is 47.5. The third-order valence-electron chi connectivity index (χ3n) is 20.6. The van der Waals surface area contributed by atoms with Crippen LogP contribution in [0, 0.1) is 11.8 Å². The van der Waals surface area contributed by atoms with Gasteiger partial charge in [-0.25, -0.2) is 9.13 Å². The maximum Gasteiger partial charge on any atom is 0.472 e. The molecule has 0 fully saturated rings. The van der Waals surface area contributed by atoms with E-state index in [0.29, 0.717) is 25.7 Å². The highest BCUT2D eigenvalue weighted by molar-refractivity contribution is 7.47. The molecule has 0 spiro atoms. The van der Waals surface area contributed by atoms with E-state index in [4.69, 9.17) is 37.0 Å². The first-order chi connectivity index (χ1) is 50.9. The summed E-state index contributed by atoms with van der Waals surface area (Å²) in [5.74, 6) is -0.486. The summed E-state index contributed by atoms with van der Waals surface area (Å²) >= 11 is 0. The van der Waals surface area contributed by atoms with Crippen LogP contribution in [0.4, 0.5) is 0 Å². The van der Waals surface area contributed by atoms with Gasteiger partial charge in [-0.05, 0) is 37.5 Å². The predicted molar refractivity (Wildman–Crippen MR) is 432 cm³/mol. The van der Waals surface area contributed by atoms with Gasteiger partial charge in [0, 0.05) is 25.7 Å². The summed E-state index contributed by atoms with van der Waals surface area (Å²) in [6.07, 6.45) is 69.3. The molecule has 624 valence electrons. The van der Waals surface area contributed by atoms with Crippen LogP contribution in [-0.4, -0.2) is 96.7 Å². The molecule has 0 saturated heterocycles. The molecule has 0 radical (unpaired) electrons. The van der Waals surface area contributed by atoms with E-state index in [0.717, 1.165) is 102 Å². The maximum atomic E-state index is 13.2. The molecule has 6 atom stereocenters. The Hall–Kier alpha value is -1.94. The molecule has 3 N–H and O–H groups in total. The minimum atomic E-state index is -4.97. The molecule has 0 aliphatic heterocycles. The van der Waals surface area contributed by atoms with Crippen LogP contribution in [0.2, 0.25) is 0 Å². The molecular formula is C86H168O17P2. The lowest BCUT2D eigenvalue weighted by atomic mass is 9.99. The van der Waals surface area contributed by atoms with Crippen molar-refractivity contribution in [1.82, 2.24) is 0 Å². The number of esters is 4. The quantitative estimate of drug-likeness (QED) is 0.0222. The third-order valence-corrected chi connectivity index (χ3v) is 22.5. The number of ether oxygens (including phenoxy) is 4. The monoisotopic (exact) mass is 1540 g/mol. The largest absolute Gasteiger partial charge is 0.472 e. The van der Waals surface area contributed by atoms with Gasteiger partial charge in [-0.2, -0.15) is 0 Å². The highest BCUT2D eigenvalue weighted by atomic mass is 31.2. The van der Waals surface area contributed by atoms with Crippen LogP contribution in [0.1, 0.15) is 459 Å². The van der Waals surface area contributed by atoms with Crippen molar-refractivity contribution < 1.29 is 80.2 Å². The highest BCUT2D eigenvalue weighted by Gasteiger charge is 2.30. The molecule has 105 heavy (non-hydrogen) atoms. The molecule has 0 aliphatic carbocycles. The zero-order valence-electron chi connectivity index (χ0n) is 69.0. The lowest BCUT2D eigenvalue weighted by molar-refractivity contribution is -0.161. The second kappa shape index (κ2) is 77.4. The number of hydrogen-bond donors (Lipinski definition) is 3. The van der Waals surface area contributed by atoms with E-state index in [1.165, 1.54) is 276 Å². The molecule has 0 heterocycles. The number of unbranched alkanes of at least 4 members (excludes halogenated alkanes) is 54. The van der Waals surface area contributed by atoms with Crippen molar-refractivity contribution in [3.05, 3.63) is 0 Å². The van der Waals surface area contributed by atoms with E-state index >= 15 is 0 Å². The van der Waals surface area contributed by atoms with E-state index in [2.05, 4.69) is 41.5 Å². The van der Waals surface area contributed by atoms with Gasteiger partial charge in [-0.1, -0.05) is 408 Å². The average Bonchev–Trinajstić information content (AvgIpc) is 0.906. The maximum absolute atomic E-state index is 13.2. The first kappa shape index (κ1) is 103. The lowest BCUT2D eigenvalue weighted by Gasteiger charge is -2.21. The van der Waals surface area contributed by atoms with E-state index in [1.807, 2.05) is 0 Å². The van der Waals surface area contributed by atoms with Gasteiger partial charge in [-0.3, -0.25) is 37.3 Å². The second-order valence-electron chi connectivity index (χ2n) is 31.6. The predicted octanol–water partition coefficient (Wildman–Crippen LogP) is 26.2. The van der Waals surface area contributed by atoms with Gasteiger partial charge in [0.1, 0.15) is 19.3 Å². The van der Waals surface area contributed by atoms with Crippen molar-refractivity contribution in [3.63, 3.8) is 0 Å². The Morgan fingerprint density at radius 1 is 0.276 bits per heavy atom. The number of phosphoric acid groups is 2. The molecule has 0 rings (SSSR count). The Labute approximate surface area is 645 Å².